The summed E-state index contributed by atoms with van der Waals surface area (Å²) in [7, 11) is 0. The van der Waals surface area contributed by atoms with Crippen molar-refractivity contribution in [3.05, 3.63) is 34.2 Å². The lowest BCUT2D eigenvalue weighted by Gasteiger charge is -2.41. The van der Waals surface area contributed by atoms with Crippen LogP contribution in [0.25, 0.3) is 11.0 Å². The van der Waals surface area contributed by atoms with Crippen LogP contribution in [0.3, 0.4) is 0 Å². The molecule has 2 atom stereocenters. The molecule has 0 aliphatic carbocycles. The number of hydrogen-bond acceptors (Lipinski definition) is 3. The van der Waals surface area contributed by atoms with E-state index < -0.39 is 24.4 Å². The highest BCUT2D eigenvalue weighted by Gasteiger charge is 2.38. The standard InChI is InChI=1S/C17H19F3N4O3/c1-9(17(18,19)20)6-14(25)21-8-11-4-5-24(11)15(26)10-2-3-12-13(7-10)23-16(27)22-12/h2-3,7,9,11H,4-6,8H2,1H3,(H,21,25)(H2,22,23,27). The Hall–Kier alpha value is -2.78. The number of H-pyrrole nitrogens is 2. The van der Waals surface area contributed by atoms with Crippen LogP contribution in [-0.2, 0) is 4.79 Å². The number of aromatic nitrogens is 2. The molecule has 2 aromatic rings. The predicted molar refractivity (Wildman–Crippen MR) is 91.2 cm³/mol. The minimum absolute atomic E-state index is 0.110. The van der Waals surface area contributed by atoms with Crippen LogP contribution in [0.15, 0.2) is 23.0 Å². The summed E-state index contributed by atoms with van der Waals surface area (Å²) in [5.74, 6) is -2.66. The molecule has 3 N–H and O–H groups in total. The van der Waals surface area contributed by atoms with Crippen LogP contribution in [0.1, 0.15) is 30.1 Å². The van der Waals surface area contributed by atoms with Crippen molar-refractivity contribution in [3.63, 3.8) is 0 Å². The van der Waals surface area contributed by atoms with Crippen molar-refractivity contribution < 1.29 is 22.8 Å². The number of hydrogen-bond donors (Lipinski definition) is 3. The van der Waals surface area contributed by atoms with Gasteiger partial charge < -0.3 is 20.2 Å². The third kappa shape index (κ3) is 4.15. The van der Waals surface area contributed by atoms with Gasteiger partial charge in [0.05, 0.1) is 23.0 Å². The van der Waals surface area contributed by atoms with Crippen molar-refractivity contribution in [1.82, 2.24) is 20.2 Å². The molecular weight excluding hydrogens is 365 g/mol. The Morgan fingerprint density at radius 1 is 1.30 bits per heavy atom. The smallest absolute Gasteiger partial charge is 0.354 e. The Bertz CT molecular complexity index is 918. The number of aromatic amines is 2. The van der Waals surface area contributed by atoms with Crippen LogP contribution in [0.2, 0.25) is 0 Å². The van der Waals surface area contributed by atoms with Crippen LogP contribution in [0.4, 0.5) is 13.2 Å². The molecule has 1 aliphatic rings. The molecule has 0 saturated carbocycles. The van der Waals surface area contributed by atoms with Gasteiger partial charge in [0.25, 0.3) is 5.91 Å². The lowest BCUT2D eigenvalue weighted by atomic mass is 10.0. The molecule has 0 bridgehead atoms. The number of carbonyl (C=O) groups is 2. The van der Waals surface area contributed by atoms with Crippen molar-refractivity contribution in [2.75, 3.05) is 13.1 Å². The molecular formula is C17H19F3N4O3. The lowest BCUT2D eigenvalue weighted by Crippen LogP contribution is -2.56. The molecule has 1 saturated heterocycles. The fourth-order valence-electron chi connectivity index (χ4n) is 2.95. The number of nitrogens with one attached hydrogen (secondary N) is 3. The Morgan fingerprint density at radius 2 is 2.00 bits per heavy atom. The summed E-state index contributed by atoms with van der Waals surface area (Å²) < 4.78 is 37.5. The van der Waals surface area contributed by atoms with Crippen molar-refractivity contribution in [2.24, 2.45) is 5.92 Å². The zero-order chi connectivity index (χ0) is 19.8. The number of likely N-dealkylation sites (tertiary alicyclic amines) is 1. The fraction of sp³-hybridized carbons (Fsp3) is 0.471. The quantitative estimate of drug-likeness (QED) is 0.733. The average molecular weight is 384 g/mol. The van der Waals surface area contributed by atoms with E-state index in [1.165, 1.54) is 0 Å². The third-order valence-electron chi connectivity index (χ3n) is 4.75. The molecule has 7 nitrogen and oxygen atoms in total. The van der Waals surface area contributed by atoms with Crippen LogP contribution >= 0.6 is 0 Å². The van der Waals surface area contributed by atoms with E-state index in [1.54, 1.807) is 23.1 Å². The number of carbonyl (C=O) groups excluding carboxylic acids is 2. The topological polar surface area (TPSA) is 98.1 Å². The zero-order valence-corrected chi connectivity index (χ0v) is 14.5. The molecule has 27 heavy (non-hydrogen) atoms. The van der Waals surface area contributed by atoms with E-state index in [4.69, 9.17) is 0 Å². The van der Waals surface area contributed by atoms with Gasteiger partial charge in [-0.05, 0) is 24.6 Å². The van der Waals surface area contributed by atoms with Crippen LogP contribution < -0.4 is 11.0 Å². The number of fused-ring (bicyclic) bond motifs is 1. The summed E-state index contributed by atoms with van der Waals surface area (Å²) in [6.45, 7) is 1.57. The summed E-state index contributed by atoms with van der Waals surface area (Å²) in [4.78, 5) is 42.3. The molecule has 1 aliphatic heterocycles. The Kier molecular flexibility index (Phi) is 4.99. The number of halogens is 3. The maximum Gasteiger partial charge on any atom is 0.392 e. The summed E-state index contributed by atoms with van der Waals surface area (Å²) >= 11 is 0. The normalized spacial score (nSPS) is 18.2. The summed E-state index contributed by atoms with van der Waals surface area (Å²) in [5, 5.41) is 2.47. The molecule has 3 rings (SSSR count). The highest BCUT2D eigenvalue weighted by Crippen LogP contribution is 2.28. The predicted octanol–water partition coefficient (Wildman–Crippen LogP) is 1.78. The third-order valence-corrected chi connectivity index (χ3v) is 4.75. The van der Waals surface area contributed by atoms with Gasteiger partial charge >= 0.3 is 11.9 Å². The molecule has 1 fully saturated rings. The summed E-state index contributed by atoms with van der Waals surface area (Å²) in [5.41, 5.74) is 1.12. The number of nitrogens with zero attached hydrogens (tertiary/aromatic N) is 1. The van der Waals surface area contributed by atoms with Gasteiger partial charge in [-0.1, -0.05) is 6.92 Å². The van der Waals surface area contributed by atoms with Gasteiger partial charge in [0.2, 0.25) is 5.91 Å². The highest BCUT2D eigenvalue weighted by atomic mass is 19.4. The first-order valence-corrected chi connectivity index (χ1v) is 8.51. The molecule has 0 radical (unpaired) electrons. The van der Waals surface area contributed by atoms with E-state index in [0.717, 1.165) is 6.92 Å². The van der Waals surface area contributed by atoms with E-state index in [9.17, 15) is 27.6 Å². The number of benzene rings is 1. The number of alkyl halides is 3. The monoisotopic (exact) mass is 384 g/mol. The van der Waals surface area contributed by atoms with Crippen molar-refractivity contribution in [2.45, 2.75) is 32.0 Å². The second-order valence-electron chi connectivity index (χ2n) is 6.73. The van der Waals surface area contributed by atoms with E-state index in [-0.39, 0.29) is 24.2 Å². The van der Waals surface area contributed by atoms with Crippen molar-refractivity contribution in [3.8, 4) is 0 Å². The molecule has 10 heteroatoms. The number of imidazole rings is 1. The highest BCUT2D eigenvalue weighted by molar-refractivity contribution is 5.98. The minimum atomic E-state index is -4.41. The second-order valence-corrected chi connectivity index (χ2v) is 6.73. The summed E-state index contributed by atoms with van der Waals surface area (Å²) in [6, 6.07) is 4.51. The van der Waals surface area contributed by atoms with Gasteiger partial charge in [-0.25, -0.2) is 4.79 Å². The number of amides is 2. The largest absolute Gasteiger partial charge is 0.392 e. The van der Waals surface area contributed by atoms with Crippen LogP contribution in [-0.4, -0.2) is 52.0 Å². The molecule has 2 unspecified atom stereocenters. The van der Waals surface area contributed by atoms with E-state index in [2.05, 4.69) is 15.3 Å². The number of rotatable bonds is 5. The Balaban J connectivity index is 1.57. The van der Waals surface area contributed by atoms with E-state index in [1.807, 2.05) is 0 Å². The molecule has 2 heterocycles. The molecule has 1 aromatic heterocycles. The first kappa shape index (κ1) is 19.0. The Labute approximate surface area is 151 Å². The van der Waals surface area contributed by atoms with Gasteiger partial charge in [-0.15, -0.1) is 0 Å². The zero-order valence-electron chi connectivity index (χ0n) is 14.5. The van der Waals surface area contributed by atoms with Crippen molar-refractivity contribution in [1.29, 1.82) is 0 Å². The first-order chi connectivity index (χ1) is 12.6. The molecule has 2 amide bonds. The van der Waals surface area contributed by atoms with Gasteiger partial charge in [0, 0.05) is 25.1 Å². The van der Waals surface area contributed by atoms with E-state index >= 15 is 0 Å². The van der Waals surface area contributed by atoms with Crippen LogP contribution in [0.5, 0.6) is 0 Å². The van der Waals surface area contributed by atoms with Gasteiger partial charge in [0.15, 0.2) is 0 Å². The maximum atomic E-state index is 12.6. The SMILES string of the molecule is CC(CC(=O)NCC1CCN1C(=O)c1ccc2[nH]c(=O)[nH]c2c1)C(F)(F)F. The first-order valence-electron chi connectivity index (χ1n) is 8.51. The molecule has 1 aromatic carbocycles. The molecule has 146 valence electrons. The van der Waals surface area contributed by atoms with Gasteiger partial charge in [-0.3, -0.25) is 9.59 Å². The summed E-state index contributed by atoms with van der Waals surface area (Å²) in [6.07, 6.45) is -4.39. The van der Waals surface area contributed by atoms with Crippen molar-refractivity contribution >= 4 is 22.8 Å². The lowest BCUT2D eigenvalue weighted by molar-refractivity contribution is -0.174. The van der Waals surface area contributed by atoms with Gasteiger partial charge in [-0.2, -0.15) is 13.2 Å². The maximum absolute atomic E-state index is 12.6. The van der Waals surface area contributed by atoms with E-state index in [0.29, 0.717) is 29.6 Å². The fourth-order valence-corrected chi connectivity index (χ4v) is 2.95. The van der Waals surface area contributed by atoms with Gasteiger partial charge in [0.1, 0.15) is 0 Å². The van der Waals surface area contributed by atoms with Crippen LogP contribution in [0, 0.1) is 5.92 Å². The Morgan fingerprint density at radius 3 is 2.63 bits per heavy atom. The second kappa shape index (κ2) is 7.09. The molecule has 0 spiro atoms. The average Bonchev–Trinajstić information content (AvgIpc) is 2.91. The minimum Gasteiger partial charge on any atom is -0.354 e.